The number of halogens is 3. The van der Waals surface area contributed by atoms with Gasteiger partial charge in [0.15, 0.2) is 0 Å². The lowest BCUT2D eigenvalue weighted by atomic mass is 10.2. The summed E-state index contributed by atoms with van der Waals surface area (Å²) in [5.74, 6) is 0.345. The van der Waals surface area contributed by atoms with Crippen LogP contribution in [0, 0.1) is 0 Å². The minimum atomic E-state index is -1.26. The molecule has 0 saturated heterocycles. The SMILES string of the molecule is Nc1cc(CS(=O)c2cc(Cl)ccc2Cl)ccc1Br. The summed E-state index contributed by atoms with van der Waals surface area (Å²) in [6.45, 7) is 0. The van der Waals surface area contributed by atoms with Crippen molar-refractivity contribution in [2.45, 2.75) is 10.6 Å². The molecule has 0 spiro atoms. The van der Waals surface area contributed by atoms with E-state index in [0.717, 1.165) is 10.0 Å². The van der Waals surface area contributed by atoms with Gasteiger partial charge in [0.2, 0.25) is 0 Å². The number of hydrogen-bond acceptors (Lipinski definition) is 2. The van der Waals surface area contributed by atoms with Crippen LogP contribution in [0.5, 0.6) is 0 Å². The van der Waals surface area contributed by atoms with Gasteiger partial charge in [-0.3, -0.25) is 4.21 Å². The van der Waals surface area contributed by atoms with E-state index in [1.807, 2.05) is 12.1 Å². The lowest BCUT2D eigenvalue weighted by Crippen LogP contribution is -1.99. The van der Waals surface area contributed by atoms with Gasteiger partial charge in [-0.05, 0) is 51.8 Å². The molecule has 2 N–H and O–H groups in total. The van der Waals surface area contributed by atoms with Gasteiger partial charge in [0.25, 0.3) is 0 Å². The van der Waals surface area contributed by atoms with Crippen molar-refractivity contribution in [2.24, 2.45) is 0 Å². The average Bonchev–Trinajstić information content (AvgIpc) is 2.36. The molecular weight excluding hydrogens is 369 g/mol. The first-order chi connectivity index (χ1) is 8.97. The summed E-state index contributed by atoms with van der Waals surface area (Å²) < 4.78 is 13.1. The summed E-state index contributed by atoms with van der Waals surface area (Å²) in [5, 5.41) is 0.968. The molecule has 2 aromatic carbocycles. The molecule has 0 heterocycles. The molecule has 6 heteroatoms. The van der Waals surface area contributed by atoms with Gasteiger partial charge in [-0.15, -0.1) is 0 Å². The van der Waals surface area contributed by atoms with E-state index in [2.05, 4.69) is 15.9 Å². The van der Waals surface area contributed by atoms with Crippen LogP contribution in [0.25, 0.3) is 0 Å². The Balaban J connectivity index is 2.25. The quantitative estimate of drug-likeness (QED) is 0.790. The second-order valence-electron chi connectivity index (χ2n) is 3.92. The van der Waals surface area contributed by atoms with Crippen LogP contribution < -0.4 is 5.73 Å². The highest BCUT2D eigenvalue weighted by Gasteiger charge is 2.11. The number of anilines is 1. The van der Waals surface area contributed by atoms with Crippen molar-refractivity contribution >= 4 is 55.6 Å². The van der Waals surface area contributed by atoms with Crippen LogP contribution in [0.1, 0.15) is 5.56 Å². The Morgan fingerprint density at radius 2 is 1.89 bits per heavy atom. The minimum Gasteiger partial charge on any atom is -0.398 e. The number of benzene rings is 2. The molecule has 2 rings (SSSR count). The molecule has 0 aliphatic carbocycles. The number of nitrogen functional groups attached to an aromatic ring is 1. The summed E-state index contributed by atoms with van der Waals surface area (Å²) >= 11 is 15.2. The second-order valence-corrected chi connectivity index (χ2v) is 7.04. The molecule has 0 bridgehead atoms. The molecule has 1 atom stereocenters. The van der Waals surface area contributed by atoms with E-state index < -0.39 is 10.8 Å². The van der Waals surface area contributed by atoms with Crippen molar-refractivity contribution in [3.05, 3.63) is 56.5 Å². The van der Waals surface area contributed by atoms with Crippen molar-refractivity contribution in [3.63, 3.8) is 0 Å². The molecule has 0 radical (unpaired) electrons. The Labute approximate surface area is 132 Å². The van der Waals surface area contributed by atoms with Gasteiger partial charge in [0.05, 0.1) is 26.5 Å². The van der Waals surface area contributed by atoms with Gasteiger partial charge in [0, 0.05) is 15.2 Å². The Kier molecular flexibility index (Phi) is 4.90. The van der Waals surface area contributed by atoms with Gasteiger partial charge in [-0.2, -0.15) is 0 Å². The molecule has 100 valence electrons. The van der Waals surface area contributed by atoms with E-state index in [1.54, 1.807) is 24.3 Å². The maximum atomic E-state index is 12.3. The van der Waals surface area contributed by atoms with E-state index in [0.29, 0.717) is 26.4 Å². The van der Waals surface area contributed by atoms with Crippen molar-refractivity contribution in [1.82, 2.24) is 0 Å². The third-order valence-electron chi connectivity index (χ3n) is 2.50. The van der Waals surface area contributed by atoms with E-state index in [-0.39, 0.29) is 0 Å². The van der Waals surface area contributed by atoms with Crippen LogP contribution in [0.15, 0.2) is 45.8 Å². The van der Waals surface area contributed by atoms with E-state index in [4.69, 9.17) is 28.9 Å². The first-order valence-corrected chi connectivity index (χ1v) is 8.21. The summed E-state index contributed by atoms with van der Waals surface area (Å²) in [4.78, 5) is 0.538. The van der Waals surface area contributed by atoms with Crippen molar-refractivity contribution < 1.29 is 4.21 Å². The van der Waals surface area contributed by atoms with Crippen LogP contribution in [-0.4, -0.2) is 4.21 Å². The minimum absolute atomic E-state index is 0.345. The Bertz CT molecular complexity index is 649. The van der Waals surface area contributed by atoms with Crippen molar-refractivity contribution in [1.29, 1.82) is 0 Å². The molecule has 0 aliphatic rings. The van der Waals surface area contributed by atoms with Gasteiger partial charge in [0.1, 0.15) is 0 Å². The summed E-state index contributed by atoms with van der Waals surface area (Å²) in [7, 11) is -1.26. The Morgan fingerprint density at radius 1 is 1.16 bits per heavy atom. The highest BCUT2D eigenvalue weighted by molar-refractivity contribution is 9.10. The molecule has 0 aromatic heterocycles. The highest BCUT2D eigenvalue weighted by atomic mass is 79.9. The van der Waals surface area contributed by atoms with Crippen molar-refractivity contribution in [2.75, 3.05) is 5.73 Å². The summed E-state index contributed by atoms with van der Waals surface area (Å²) in [6, 6.07) is 10.4. The van der Waals surface area contributed by atoms with E-state index in [1.165, 1.54) is 0 Å². The summed E-state index contributed by atoms with van der Waals surface area (Å²) in [5.41, 5.74) is 7.30. The highest BCUT2D eigenvalue weighted by Crippen LogP contribution is 2.27. The first kappa shape index (κ1) is 14.9. The molecule has 0 amide bonds. The van der Waals surface area contributed by atoms with Crippen LogP contribution in [0.2, 0.25) is 10.0 Å². The second kappa shape index (κ2) is 6.27. The number of hydrogen-bond donors (Lipinski definition) is 1. The summed E-state index contributed by atoms with van der Waals surface area (Å²) in [6.07, 6.45) is 0. The largest absolute Gasteiger partial charge is 0.398 e. The molecular formula is C13H10BrCl2NOS. The fourth-order valence-electron chi connectivity index (χ4n) is 1.56. The van der Waals surface area contributed by atoms with Gasteiger partial charge < -0.3 is 5.73 Å². The van der Waals surface area contributed by atoms with E-state index >= 15 is 0 Å². The smallest absolute Gasteiger partial charge is 0.0592 e. The maximum Gasteiger partial charge on any atom is 0.0592 e. The zero-order chi connectivity index (χ0) is 14.0. The number of nitrogens with two attached hydrogens (primary N) is 1. The molecule has 2 aromatic rings. The van der Waals surface area contributed by atoms with Crippen molar-refractivity contribution in [3.8, 4) is 0 Å². The monoisotopic (exact) mass is 377 g/mol. The van der Waals surface area contributed by atoms with Crippen LogP contribution in [0.3, 0.4) is 0 Å². The Hall–Kier alpha value is -0.550. The molecule has 1 unspecified atom stereocenters. The van der Waals surface area contributed by atoms with Gasteiger partial charge in [-0.1, -0.05) is 29.3 Å². The number of rotatable bonds is 3. The standard InChI is InChI=1S/C13H10BrCl2NOS/c14-10-3-1-8(5-12(10)17)7-19(18)13-6-9(15)2-4-11(13)16/h1-6H,7,17H2. The van der Waals surface area contributed by atoms with Gasteiger partial charge in [-0.25, -0.2) is 0 Å². The lowest BCUT2D eigenvalue weighted by molar-refractivity contribution is 0.682. The van der Waals surface area contributed by atoms with Crippen LogP contribution >= 0.6 is 39.1 Å². The molecule has 0 fully saturated rings. The van der Waals surface area contributed by atoms with Crippen LogP contribution in [-0.2, 0) is 16.6 Å². The van der Waals surface area contributed by atoms with Crippen LogP contribution in [0.4, 0.5) is 5.69 Å². The molecule has 0 saturated carbocycles. The molecule has 2 nitrogen and oxygen atoms in total. The Morgan fingerprint density at radius 3 is 2.58 bits per heavy atom. The molecule has 19 heavy (non-hydrogen) atoms. The van der Waals surface area contributed by atoms with Gasteiger partial charge >= 0.3 is 0 Å². The van der Waals surface area contributed by atoms with E-state index in [9.17, 15) is 4.21 Å². The zero-order valence-electron chi connectivity index (χ0n) is 9.70. The first-order valence-electron chi connectivity index (χ1n) is 5.34. The normalized spacial score (nSPS) is 12.4. The average molecular weight is 379 g/mol. The predicted molar refractivity (Wildman–Crippen MR) is 85.1 cm³/mol. The lowest BCUT2D eigenvalue weighted by Gasteiger charge is -2.07. The maximum absolute atomic E-state index is 12.3. The zero-order valence-corrected chi connectivity index (χ0v) is 13.6. The molecule has 0 aliphatic heterocycles. The third-order valence-corrected chi connectivity index (χ3v) is 5.32. The topological polar surface area (TPSA) is 43.1 Å². The fraction of sp³-hybridized carbons (Fsp3) is 0.0769. The third kappa shape index (κ3) is 3.72. The predicted octanol–water partition coefficient (Wildman–Crippen LogP) is 4.65. The fourth-order valence-corrected chi connectivity index (χ4v) is 3.60.